The topological polar surface area (TPSA) is 58.3 Å². The summed E-state index contributed by atoms with van der Waals surface area (Å²) >= 11 is 0. The molecule has 1 aromatic heterocycles. The van der Waals surface area contributed by atoms with E-state index in [9.17, 15) is 5.11 Å². The van der Waals surface area contributed by atoms with Gasteiger partial charge in [0, 0.05) is 18.7 Å². The van der Waals surface area contributed by atoms with Gasteiger partial charge in [-0.05, 0) is 12.8 Å². The molecule has 2 atom stereocenters. The quantitative estimate of drug-likeness (QED) is 0.759. The van der Waals surface area contributed by atoms with E-state index in [1.54, 1.807) is 6.26 Å². The van der Waals surface area contributed by atoms with Crippen LogP contribution in [0.25, 0.3) is 0 Å². The molecule has 14 heavy (non-hydrogen) atoms. The van der Waals surface area contributed by atoms with Gasteiger partial charge in [-0.3, -0.25) is 0 Å². The SMILES string of the molecule is O[C@H]1CCCC[C@@H]1NCc1ccon1. The zero-order valence-electron chi connectivity index (χ0n) is 8.15. The summed E-state index contributed by atoms with van der Waals surface area (Å²) in [6, 6.07) is 2.06. The van der Waals surface area contributed by atoms with E-state index >= 15 is 0 Å². The van der Waals surface area contributed by atoms with Crippen molar-refractivity contribution < 1.29 is 9.63 Å². The molecule has 1 fully saturated rings. The first-order valence-electron chi connectivity index (χ1n) is 5.17. The Kier molecular flexibility index (Phi) is 3.16. The van der Waals surface area contributed by atoms with Crippen LogP contribution in [-0.4, -0.2) is 22.4 Å². The van der Waals surface area contributed by atoms with Crippen LogP contribution >= 0.6 is 0 Å². The van der Waals surface area contributed by atoms with Crippen molar-refractivity contribution in [1.82, 2.24) is 10.5 Å². The Morgan fingerprint density at radius 2 is 2.36 bits per heavy atom. The normalized spacial score (nSPS) is 27.8. The third-order valence-electron chi connectivity index (χ3n) is 2.77. The molecule has 0 unspecified atom stereocenters. The van der Waals surface area contributed by atoms with Crippen LogP contribution in [0.5, 0.6) is 0 Å². The standard InChI is InChI=1S/C10H16N2O2/c13-10-4-2-1-3-9(10)11-7-8-5-6-14-12-8/h5-6,9-11,13H,1-4,7H2/t9-,10-/m0/s1. The Morgan fingerprint density at radius 1 is 1.50 bits per heavy atom. The number of hydrogen-bond donors (Lipinski definition) is 2. The van der Waals surface area contributed by atoms with Crippen LogP contribution in [0.2, 0.25) is 0 Å². The molecule has 0 amide bonds. The van der Waals surface area contributed by atoms with Gasteiger partial charge in [0.15, 0.2) is 0 Å². The summed E-state index contributed by atoms with van der Waals surface area (Å²) in [7, 11) is 0. The molecule has 78 valence electrons. The van der Waals surface area contributed by atoms with Crippen LogP contribution in [0.4, 0.5) is 0 Å². The number of nitrogens with zero attached hydrogens (tertiary/aromatic N) is 1. The molecule has 1 aromatic rings. The number of aromatic nitrogens is 1. The summed E-state index contributed by atoms with van der Waals surface area (Å²) in [5.74, 6) is 0. The zero-order chi connectivity index (χ0) is 9.80. The summed E-state index contributed by atoms with van der Waals surface area (Å²) in [6.07, 6.45) is 5.68. The van der Waals surface area contributed by atoms with Crippen molar-refractivity contribution in [3.63, 3.8) is 0 Å². The van der Waals surface area contributed by atoms with Gasteiger partial charge in [-0.2, -0.15) is 0 Å². The third-order valence-corrected chi connectivity index (χ3v) is 2.77. The zero-order valence-corrected chi connectivity index (χ0v) is 8.15. The molecule has 0 saturated heterocycles. The lowest BCUT2D eigenvalue weighted by Crippen LogP contribution is -2.41. The van der Waals surface area contributed by atoms with Crippen molar-refractivity contribution in [1.29, 1.82) is 0 Å². The summed E-state index contributed by atoms with van der Waals surface area (Å²) in [4.78, 5) is 0. The maximum Gasteiger partial charge on any atom is 0.124 e. The maximum atomic E-state index is 9.69. The molecular weight excluding hydrogens is 180 g/mol. The third kappa shape index (κ3) is 2.33. The van der Waals surface area contributed by atoms with Crippen LogP contribution < -0.4 is 5.32 Å². The fraction of sp³-hybridized carbons (Fsp3) is 0.700. The van der Waals surface area contributed by atoms with Gasteiger partial charge in [-0.1, -0.05) is 18.0 Å². The van der Waals surface area contributed by atoms with Gasteiger partial charge in [0.25, 0.3) is 0 Å². The van der Waals surface area contributed by atoms with E-state index in [2.05, 4.69) is 10.5 Å². The summed E-state index contributed by atoms with van der Waals surface area (Å²) < 4.78 is 4.73. The molecule has 2 rings (SSSR count). The van der Waals surface area contributed by atoms with Crippen molar-refractivity contribution in [2.75, 3.05) is 0 Å². The van der Waals surface area contributed by atoms with Gasteiger partial charge < -0.3 is 14.9 Å². The van der Waals surface area contributed by atoms with Crippen molar-refractivity contribution in [3.05, 3.63) is 18.0 Å². The second-order valence-electron chi connectivity index (χ2n) is 3.83. The van der Waals surface area contributed by atoms with E-state index in [4.69, 9.17) is 4.52 Å². The second kappa shape index (κ2) is 4.57. The largest absolute Gasteiger partial charge is 0.392 e. The summed E-state index contributed by atoms with van der Waals surface area (Å²) in [5, 5.41) is 16.8. The van der Waals surface area contributed by atoms with Crippen molar-refractivity contribution in [3.8, 4) is 0 Å². The Morgan fingerprint density at radius 3 is 3.07 bits per heavy atom. The Hall–Kier alpha value is -0.870. The van der Waals surface area contributed by atoms with Crippen molar-refractivity contribution in [2.45, 2.75) is 44.4 Å². The van der Waals surface area contributed by atoms with Crippen LogP contribution in [0, 0.1) is 0 Å². The first-order valence-corrected chi connectivity index (χ1v) is 5.17. The number of nitrogens with one attached hydrogen (secondary N) is 1. The Labute approximate surface area is 83.3 Å². The molecule has 1 aliphatic rings. The highest BCUT2D eigenvalue weighted by atomic mass is 16.5. The lowest BCUT2D eigenvalue weighted by molar-refractivity contribution is 0.0899. The first kappa shape index (κ1) is 9.68. The van der Waals surface area contributed by atoms with Gasteiger partial charge in [-0.25, -0.2) is 0 Å². The maximum absolute atomic E-state index is 9.69. The average molecular weight is 196 g/mol. The number of hydrogen-bond acceptors (Lipinski definition) is 4. The molecule has 0 radical (unpaired) electrons. The van der Waals surface area contributed by atoms with Crippen LogP contribution in [0.1, 0.15) is 31.4 Å². The van der Waals surface area contributed by atoms with Gasteiger partial charge in [0.05, 0.1) is 11.8 Å². The number of rotatable bonds is 3. The Bertz CT molecular complexity index is 261. The minimum atomic E-state index is -0.198. The van der Waals surface area contributed by atoms with Crippen LogP contribution in [0.3, 0.4) is 0 Å². The van der Waals surface area contributed by atoms with Crippen molar-refractivity contribution in [2.24, 2.45) is 0 Å². The number of aliphatic hydroxyl groups is 1. The highest BCUT2D eigenvalue weighted by Crippen LogP contribution is 2.18. The molecule has 0 bridgehead atoms. The molecule has 0 aromatic carbocycles. The lowest BCUT2D eigenvalue weighted by atomic mass is 9.92. The van der Waals surface area contributed by atoms with E-state index in [-0.39, 0.29) is 12.1 Å². The van der Waals surface area contributed by atoms with Crippen LogP contribution in [-0.2, 0) is 6.54 Å². The summed E-state index contributed by atoms with van der Waals surface area (Å²) in [6.45, 7) is 0.679. The number of aliphatic hydroxyl groups excluding tert-OH is 1. The second-order valence-corrected chi connectivity index (χ2v) is 3.83. The van der Waals surface area contributed by atoms with E-state index < -0.39 is 0 Å². The predicted octanol–water partition coefficient (Wildman–Crippen LogP) is 1.07. The van der Waals surface area contributed by atoms with Gasteiger partial charge >= 0.3 is 0 Å². The molecule has 1 heterocycles. The molecular formula is C10H16N2O2. The molecule has 4 nitrogen and oxygen atoms in total. The van der Waals surface area contributed by atoms with Crippen molar-refractivity contribution >= 4 is 0 Å². The Balaban J connectivity index is 1.79. The van der Waals surface area contributed by atoms with E-state index in [0.29, 0.717) is 6.54 Å². The van der Waals surface area contributed by atoms with Gasteiger partial charge in [0.1, 0.15) is 6.26 Å². The van der Waals surface area contributed by atoms with Gasteiger partial charge in [-0.15, -0.1) is 0 Å². The van der Waals surface area contributed by atoms with E-state index in [1.165, 1.54) is 6.42 Å². The highest BCUT2D eigenvalue weighted by molar-refractivity contribution is 4.95. The minimum Gasteiger partial charge on any atom is -0.392 e. The fourth-order valence-corrected chi connectivity index (χ4v) is 1.91. The smallest absolute Gasteiger partial charge is 0.124 e. The minimum absolute atomic E-state index is 0.198. The average Bonchev–Trinajstić information content (AvgIpc) is 2.69. The fourth-order valence-electron chi connectivity index (χ4n) is 1.91. The highest BCUT2D eigenvalue weighted by Gasteiger charge is 2.22. The molecule has 2 N–H and O–H groups in total. The van der Waals surface area contributed by atoms with Crippen LogP contribution in [0.15, 0.2) is 16.9 Å². The molecule has 1 aliphatic carbocycles. The first-order chi connectivity index (χ1) is 6.86. The van der Waals surface area contributed by atoms with E-state index in [0.717, 1.165) is 25.0 Å². The van der Waals surface area contributed by atoms with Gasteiger partial charge in [0.2, 0.25) is 0 Å². The lowest BCUT2D eigenvalue weighted by Gasteiger charge is -2.28. The van der Waals surface area contributed by atoms with E-state index in [1.807, 2.05) is 6.07 Å². The monoisotopic (exact) mass is 196 g/mol. The summed E-state index contributed by atoms with van der Waals surface area (Å²) in [5.41, 5.74) is 0.891. The predicted molar refractivity (Wildman–Crippen MR) is 51.6 cm³/mol. The molecule has 0 spiro atoms. The molecule has 4 heteroatoms. The molecule has 1 saturated carbocycles. The molecule has 0 aliphatic heterocycles.